The summed E-state index contributed by atoms with van der Waals surface area (Å²) < 4.78 is 18.3. The van der Waals surface area contributed by atoms with Gasteiger partial charge in [0.25, 0.3) is 5.56 Å². The summed E-state index contributed by atoms with van der Waals surface area (Å²) in [6.07, 6.45) is 8.47. The second-order valence-corrected chi connectivity index (χ2v) is 8.12. The molecule has 1 atom stereocenters. The molecule has 2 aliphatic rings. The molecule has 1 aromatic heterocycles. The van der Waals surface area contributed by atoms with Crippen molar-refractivity contribution >= 4 is 16.6 Å². The maximum atomic E-state index is 13.3. The summed E-state index contributed by atoms with van der Waals surface area (Å²) in [4.78, 5) is 20.0. The van der Waals surface area contributed by atoms with E-state index in [1.807, 2.05) is 30.4 Å². The molecule has 4 rings (SSSR count). The van der Waals surface area contributed by atoms with E-state index in [9.17, 15) is 9.90 Å². The topological polar surface area (TPSA) is 86.0 Å². The van der Waals surface area contributed by atoms with Crippen molar-refractivity contribution in [3.05, 3.63) is 58.5 Å². The van der Waals surface area contributed by atoms with Crippen LogP contribution in [0.15, 0.2) is 52.9 Å². The van der Waals surface area contributed by atoms with Gasteiger partial charge in [-0.2, -0.15) is 0 Å². The van der Waals surface area contributed by atoms with E-state index in [0.717, 1.165) is 30.0 Å². The van der Waals surface area contributed by atoms with Gasteiger partial charge in [-0.05, 0) is 49.6 Å². The van der Waals surface area contributed by atoms with E-state index in [-0.39, 0.29) is 24.3 Å². The van der Waals surface area contributed by atoms with Crippen molar-refractivity contribution in [3.63, 3.8) is 0 Å². The van der Waals surface area contributed by atoms with Gasteiger partial charge in [0.1, 0.15) is 5.76 Å². The number of allylic oxidation sites excluding steroid dienone is 1. The molecule has 0 radical (unpaired) electrons. The summed E-state index contributed by atoms with van der Waals surface area (Å²) in [5.74, 6) is 0.827. The number of aliphatic hydroxyl groups excluding tert-OH is 1. The molecule has 1 fully saturated rings. The van der Waals surface area contributed by atoms with Crippen LogP contribution in [0.4, 0.5) is 5.69 Å². The van der Waals surface area contributed by atoms with Crippen LogP contribution in [0.5, 0.6) is 0 Å². The number of aliphatic hydroxyl groups is 1. The Morgan fingerprint density at radius 2 is 2.09 bits per heavy atom. The average Bonchev–Trinajstić information content (AvgIpc) is 2.85. The third-order valence-corrected chi connectivity index (χ3v) is 6.15. The highest BCUT2D eigenvalue weighted by Gasteiger charge is 2.22. The molecule has 0 amide bonds. The number of methoxy groups -OCH3 is 2. The highest BCUT2D eigenvalue weighted by Crippen LogP contribution is 2.29. The molecule has 0 bridgehead atoms. The van der Waals surface area contributed by atoms with Crippen molar-refractivity contribution in [1.82, 2.24) is 9.55 Å². The van der Waals surface area contributed by atoms with E-state index in [1.54, 1.807) is 25.1 Å². The molecule has 8 heteroatoms. The summed E-state index contributed by atoms with van der Waals surface area (Å²) >= 11 is 0. The molecular formula is C24H31N3O5. The van der Waals surface area contributed by atoms with Crippen molar-refractivity contribution < 1.29 is 19.3 Å². The van der Waals surface area contributed by atoms with Gasteiger partial charge in [0, 0.05) is 57.3 Å². The van der Waals surface area contributed by atoms with E-state index in [2.05, 4.69) is 9.88 Å². The quantitative estimate of drug-likeness (QED) is 0.674. The van der Waals surface area contributed by atoms with E-state index < -0.39 is 0 Å². The Morgan fingerprint density at radius 1 is 1.28 bits per heavy atom. The van der Waals surface area contributed by atoms with E-state index in [4.69, 9.17) is 14.2 Å². The largest absolute Gasteiger partial charge is 0.501 e. The first-order chi connectivity index (χ1) is 15.6. The zero-order chi connectivity index (χ0) is 22.5. The Hall–Kier alpha value is -2.68. The summed E-state index contributed by atoms with van der Waals surface area (Å²) in [5.41, 5.74) is 2.42. The van der Waals surface area contributed by atoms with E-state index in [0.29, 0.717) is 43.5 Å². The number of hydrogen-bond acceptors (Lipinski definition) is 7. The minimum atomic E-state index is -0.102. The van der Waals surface area contributed by atoms with Crippen LogP contribution in [-0.2, 0) is 14.2 Å². The minimum absolute atomic E-state index is 0.0358. The molecule has 0 spiro atoms. The van der Waals surface area contributed by atoms with Crippen LogP contribution in [0.25, 0.3) is 10.9 Å². The maximum Gasteiger partial charge on any atom is 0.261 e. The molecule has 1 saturated heterocycles. The Morgan fingerprint density at radius 3 is 2.81 bits per heavy atom. The number of ether oxygens (including phenoxy) is 3. The number of rotatable bonds is 8. The molecule has 1 aliphatic heterocycles. The second-order valence-electron chi connectivity index (χ2n) is 8.12. The lowest BCUT2D eigenvalue weighted by Crippen LogP contribution is -2.30. The number of aromatic nitrogens is 2. The lowest BCUT2D eigenvalue weighted by molar-refractivity contribution is 0.0685. The Balaban J connectivity index is 1.75. The van der Waals surface area contributed by atoms with Gasteiger partial charge in [-0.3, -0.25) is 9.36 Å². The first-order valence-corrected chi connectivity index (χ1v) is 11.1. The molecule has 32 heavy (non-hydrogen) atoms. The highest BCUT2D eigenvalue weighted by molar-refractivity contribution is 5.82. The number of benzene rings is 1. The predicted molar refractivity (Wildman–Crippen MR) is 123 cm³/mol. The Labute approximate surface area is 187 Å². The van der Waals surface area contributed by atoms with E-state index in [1.165, 1.54) is 0 Å². The minimum Gasteiger partial charge on any atom is -0.501 e. The van der Waals surface area contributed by atoms with Crippen molar-refractivity contribution in [3.8, 4) is 0 Å². The molecule has 1 aromatic carbocycles. The van der Waals surface area contributed by atoms with Crippen LogP contribution in [-0.4, -0.2) is 61.3 Å². The normalized spacial score (nSPS) is 19.5. The molecule has 172 valence electrons. The van der Waals surface area contributed by atoms with Gasteiger partial charge in [0.15, 0.2) is 0 Å². The number of nitrogens with zero attached hydrogens (tertiary/aromatic N) is 3. The zero-order valence-electron chi connectivity index (χ0n) is 18.7. The fourth-order valence-electron chi connectivity index (χ4n) is 4.33. The van der Waals surface area contributed by atoms with Crippen molar-refractivity contribution in [2.24, 2.45) is 0 Å². The van der Waals surface area contributed by atoms with Gasteiger partial charge in [0.2, 0.25) is 0 Å². The molecule has 0 saturated carbocycles. The van der Waals surface area contributed by atoms with Crippen molar-refractivity contribution in [1.29, 1.82) is 0 Å². The number of anilines is 1. The molecule has 8 nitrogen and oxygen atoms in total. The average molecular weight is 442 g/mol. The summed E-state index contributed by atoms with van der Waals surface area (Å²) in [6.45, 7) is 1.98. The highest BCUT2D eigenvalue weighted by atomic mass is 16.5. The summed E-state index contributed by atoms with van der Waals surface area (Å²) in [5, 5.41) is 10.1. The monoisotopic (exact) mass is 441 g/mol. The molecule has 1 unspecified atom stereocenters. The molecule has 2 heterocycles. The number of fused-ring (bicyclic) bond motifs is 1. The van der Waals surface area contributed by atoms with Gasteiger partial charge in [-0.15, -0.1) is 0 Å². The van der Waals surface area contributed by atoms with Crippen LogP contribution < -0.4 is 10.5 Å². The van der Waals surface area contributed by atoms with Gasteiger partial charge in [-0.25, -0.2) is 4.98 Å². The first kappa shape index (κ1) is 22.5. The second kappa shape index (κ2) is 10.3. The van der Waals surface area contributed by atoms with Crippen LogP contribution in [0.2, 0.25) is 0 Å². The molecule has 2 aromatic rings. The zero-order valence-corrected chi connectivity index (χ0v) is 18.7. The lowest BCUT2D eigenvalue weighted by Gasteiger charge is -2.30. The van der Waals surface area contributed by atoms with E-state index >= 15 is 0 Å². The van der Waals surface area contributed by atoms with Crippen molar-refractivity contribution in [2.75, 3.05) is 45.5 Å². The SMILES string of the molecule is COC1=CC(N(CCCO)c2ccc3ncn(C4CCOCC4)c(=O)c3c2)=CC(OC)C1. The summed E-state index contributed by atoms with van der Waals surface area (Å²) in [6, 6.07) is 5.85. The third-order valence-electron chi connectivity index (χ3n) is 6.15. The Kier molecular flexibility index (Phi) is 7.24. The fraction of sp³-hybridized carbons (Fsp3) is 0.500. The lowest BCUT2D eigenvalue weighted by atomic mass is 10.0. The van der Waals surface area contributed by atoms with Gasteiger partial charge >= 0.3 is 0 Å². The smallest absolute Gasteiger partial charge is 0.261 e. The van der Waals surface area contributed by atoms with Crippen LogP contribution in [0.3, 0.4) is 0 Å². The first-order valence-electron chi connectivity index (χ1n) is 11.1. The standard InChI is InChI=1S/C24H31N3O5/c1-30-20-12-19(13-21(15-20)31-2)26(8-3-9-28)18-4-5-23-22(14-18)24(29)27(16-25-23)17-6-10-32-11-7-17/h4-5,12-14,16-17,20,28H,3,6-11,15H2,1-2H3. The molecule has 1 N–H and O–H groups in total. The van der Waals surface area contributed by atoms with Gasteiger partial charge in [0.05, 0.1) is 30.4 Å². The Bertz CT molecular complexity index is 1060. The fourth-order valence-corrected chi connectivity index (χ4v) is 4.33. The van der Waals surface area contributed by atoms with Gasteiger partial charge in [-0.1, -0.05) is 0 Å². The van der Waals surface area contributed by atoms with Crippen LogP contribution in [0.1, 0.15) is 31.7 Å². The van der Waals surface area contributed by atoms with Crippen LogP contribution in [0, 0.1) is 0 Å². The maximum absolute atomic E-state index is 13.3. The predicted octanol–water partition coefficient (Wildman–Crippen LogP) is 2.77. The van der Waals surface area contributed by atoms with Gasteiger partial charge < -0.3 is 24.2 Å². The number of hydrogen-bond donors (Lipinski definition) is 1. The third kappa shape index (κ3) is 4.72. The summed E-state index contributed by atoms with van der Waals surface area (Å²) in [7, 11) is 3.33. The molecular weight excluding hydrogens is 410 g/mol. The van der Waals surface area contributed by atoms with Crippen molar-refractivity contribution in [2.45, 2.75) is 37.8 Å². The molecule has 1 aliphatic carbocycles. The van der Waals surface area contributed by atoms with Crippen LogP contribution >= 0.6 is 0 Å².